The summed E-state index contributed by atoms with van der Waals surface area (Å²) in [5.41, 5.74) is -2.41. The van der Waals surface area contributed by atoms with Gasteiger partial charge in [0.1, 0.15) is 16.3 Å². The minimum absolute atomic E-state index is 0.0185. The summed E-state index contributed by atoms with van der Waals surface area (Å²) >= 11 is 0. The molecule has 3 aromatic carbocycles. The number of aromatic hydroxyl groups is 2. The first-order valence-corrected chi connectivity index (χ1v) is 10.5. The number of hydrogen-bond donors (Lipinski definition) is 4. The van der Waals surface area contributed by atoms with Crippen molar-refractivity contribution in [2.24, 2.45) is 10.2 Å². The zero-order valence-electron chi connectivity index (χ0n) is 16.7. The maximum atomic E-state index is 11.9. The molecule has 0 fully saturated rings. The summed E-state index contributed by atoms with van der Waals surface area (Å²) in [5.74, 6) is -1.58. The van der Waals surface area contributed by atoms with Gasteiger partial charge in [-0.25, -0.2) is 0 Å². The molecule has 3 aromatic rings. The number of azo groups is 1. The number of rotatable bonds is 7. The molecule has 0 aliphatic rings. The number of nitrogens with one attached hydrogen (secondary N) is 1. The first-order valence-electron chi connectivity index (χ1n) is 9.02. The van der Waals surface area contributed by atoms with E-state index in [0.717, 1.165) is 6.07 Å². The first kappa shape index (κ1) is 23.3. The van der Waals surface area contributed by atoms with Crippen LogP contribution in [-0.4, -0.2) is 39.6 Å². The molecule has 3 rings (SSSR count). The highest BCUT2D eigenvalue weighted by molar-refractivity contribution is 7.86. The smallest absolute Gasteiger partial charge is 0.319 e. The summed E-state index contributed by atoms with van der Waals surface area (Å²) in [6.45, 7) is 2.33. The monoisotopic (exact) mass is 477 g/mol. The van der Waals surface area contributed by atoms with Crippen molar-refractivity contribution in [3.63, 3.8) is 0 Å². The van der Waals surface area contributed by atoms with E-state index in [-0.39, 0.29) is 10.8 Å². The number of phenols is 2. The minimum Gasteiger partial charge on any atom is -0.505 e. The summed E-state index contributed by atoms with van der Waals surface area (Å²) in [5, 5.41) is 52.7. The summed E-state index contributed by atoms with van der Waals surface area (Å²) in [6, 6.07) is 6.33. The van der Waals surface area contributed by atoms with Gasteiger partial charge in [0.2, 0.25) is 5.75 Å². The number of hydrogen-bond acceptors (Lipinski definition) is 11. The van der Waals surface area contributed by atoms with Crippen LogP contribution in [0.1, 0.15) is 6.92 Å². The molecule has 0 amide bonds. The van der Waals surface area contributed by atoms with E-state index >= 15 is 0 Å². The number of nitro benzene ring substituents is 2. The average Bonchev–Trinajstić information content (AvgIpc) is 2.73. The van der Waals surface area contributed by atoms with E-state index in [4.69, 9.17) is 0 Å². The van der Waals surface area contributed by atoms with Gasteiger partial charge < -0.3 is 15.5 Å². The second-order valence-corrected chi connectivity index (χ2v) is 7.95. The number of benzene rings is 3. The molecule has 0 unspecified atom stereocenters. The highest BCUT2D eigenvalue weighted by Gasteiger charge is 2.25. The standard InChI is InChI=1S/C18H15N5O9S/c1-2-19-9-3-4-11-12(5-9)16(33(30,31)32)8-14(17(11)24)21-20-13-6-10(22(26)27)7-15(18(13)25)23(28)29/h3-8,19,24-25H,2H2,1H3,(H,30,31,32). The van der Waals surface area contributed by atoms with Crippen LogP contribution in [0.25, 0.3) is 10.8 Å². The molecule has 4 N–H and O–H groups in total. The van der Waals surface area contributed by atoms with Crippen molar-refractivity contribution in [3.05, 3.63) is 56.6 Å². The van der Waals surface area contributed by atoms with Gasteiger partial charge in [-0.3, -0.25) is 24.8 Å². The highest BCUT2D eigenvalue weighted by Crippen LogP contribution is 2.43. The first-order chi connectivity index (χ1) is 15.4. The van der Waals surface area contributed by atoms with Crippen LogP contribution in [0.3, 0.4) is 0 Å². The quantitative estimate of drug-likeness (QED) is 0.165. The zero-order valence-corrected chi connectivity index (χ0v) is 17.5. The van der Waals surface area contributed by atoms with E-state index in [0.29, 0.717) is 24.4 Å². The number of non-ortho nitro benzene ring substituents is 1. The Bertz CT molecular complexity index is 1440. The number of phenolic OH excluding ortho intramolecular Hbond substituents is 2. The van der Waals surface area contributed by atoms with Gasteiger partial charge in [0.05, 0.1) is 15.9 Å². The fourth-order valence-corrected chi connectivity index (χ4v) is 3.69. The van der Waals surface area contributed by atoms with E-state index in [1.165, 1.54) is 18.2 Å². The lowest BCUT2D eigenvalue weighted by Gasteiger charge is -2.11. The molecule has 0 aliphatic carbocycles. The van der Waals surface area contributed by atoms with Gasteiger partial charge in [-0.05, 0) is 31.2 Å². The fourth-order valence-electron chi connectivity index (χ4n) is 2.98. The van der Waals surface area contributed by atoms with Gasteiger partial charge in [-0.1, -0.05) is 0 Å². The van der Waals surface area contributed by atoms with Crippen LogP contribution in [0.4, 0.5) is 28.4 Å². The van der Waals surface area contributed by atoms with Crippen LogP contribution in [-0.2, 0) is 10.1 Å². The van der Waals surface area contributed by atoms with Gasteiger partial charge in [-0.15, -0.1) is 10.2 Å². The molecule has 0 radical (unpaired) electrons. The largest absolute Gasteiger partial charge is 0.505 e. The molecular formula is C18H15N5O9S. The number of fused-ring (bicyclic) bond motifs is 1. The Hall–Kier alpha value is -4.37. The third kappa shape index (κ3) is 4.63. The summed E-state index contributed by atoms with van der Waals surface area (Å²) in [7, 11) is -4.80. The van der Waals surface area contributed by atoms with E-state index in [1.807, 2.05) is 6.92 Å². The summed E-state index contributed by atoms with van der Waals surface area (Å²) in [6.07, 6.45) is 0. The molecule has 0 heterocycles. The van der Waals surface area contributed by atoms with E-state index in [9.17, 15) is 43.4 Å². The molecule has 0 aliphatic heterocycles. The van der Waals surface area contributed by atoms with Crippen LogP contribution < -0.4 is 5.32 Å². The zero-order chi connectivity index (χ0) is 24.5. The lowest BCUT2D eigenvalue weighted by Crippen LogP contribution is -2.01. The fraction of sp³-hybridized carbons (Fsp3) is 0.111. The molecule has 0 saturated carbocycles. The van der Waals surface area contributed by atoms with Crippen LogP contribution in [0.2, 0.25) is 0 Å². The van der Waals surface area contributed by atoms with E-state index < -0.39 is 59.1 Å². The Morgan fingerprint density at radius 1 is 0.939 bits per heavy atom. The Morgan fingerprint density at radius 2 is 1.58 bits per heavy atom. The predicted molar refractivity (Wildman–Crippen MR) is 115 cm³/mol. The van der Waals surface area contributed by atoms with Crippen LogP contribution >= 0.6 is 0 Å². The van der Waals surface area contributed by atoms with Crippen LogP contribution in [0, 0.1) is 20.2 Å². The number of nitrogens with zero attached hydrogens (tertiary/aromatic N) is 4. The topological polar surface area (TPSA) is 218 Å². The summed E-state index contributed by atoms with van der Waals surface area (Å²) in [4.78, 5) is 19.5. The minimum atomic E-state index is -4.80. The van der Waals surface area contributed by atoms with Gasteiger partial charge in [0.25, 0.3) is 15.8 Å². The average molecular weight is 477 g/mol. The van der Waals surface area contributed by atoms with E-state index in [2.05, 4.69) is 15.5 Å². The lowest BCUT2D eigenvalue weighted by molar-refractivity contribution is -0.394. The molecule has 0 aromatic heterocycles. The Kier molecular flexibility index (Phi) is 6.10. The Balaban J connectivity index is 2.23. The van der Waals surface area contributed by atoms with Crippen molar-refractivity contribution in [3.8, 4) is 11.5 Å². The number of nitro groups is 2. The SMILES string of the molecule is CCNc1ccc2c(O)c(N=Nc3cc([N+](=O)[O-])cc([N+](=O)[O-])c3O)cc(S(=O)(=O)O)c2c1. The molecular weight excluding hydrogens is 462 g/mol. The molecule has 0 saturated heterocycles. The van der Waals surface area contributed by atoms with Gasteiger partial charge in [0.15, 0.2) is 5.75 Å². The molecule has 15 heteroatoms. The van der Waals surface area contributed by atoms with Crippen molar-refractivity contribution >= 4 is 49.3 Å². The molecule has 172 valence electrons. The maximum Gasteiger partial charge on any atom is 0.319 e. The normalized spacial score (nSPS) is 11.7. The van der Waals surface area contributed by atoms with Crippen molar-refractivity contribution in [1.29, 1.82) is 0 Å². The second-order valence-electron chi connectivity index (χ2n) is 6.56. The second kappa shape index (κ2) is 8.64. The van der Waals surface area contributed by atoms with Crippen molar-refractivity contribution < 1.29 is 33.0 Å². The molecule has 33 heavy (non-hydrogen) atoms. The van der Waals surface area contributed by atoms with Crippen LogP contribution in [0.15, 0.2) is 51.5 Å². The highest BCUT2D eigenvalue weighted by atomic mass is 32.2. The van der Waals surface area contributed by atoms with Gasteiger partial charge in [-0.2, -0.15) is 8.42 Å². The van der Waals surface area contributed by atoms with Crippen molar-refractivity contribution in [2.75, 3.05) is 11.9 Å². The van der Waals surface area contributed by atoms with Crippen LogP contribution in [0.5, 0.6) is 11.5 Å². The van der Waals surface area contributed by atoms with Gasteiger partial charge in [0, 0.05) is 29.1 Å². The summed E-state index contributed by atoms with van der Waals surface area (Å²) < 4.78 is 33.5. The van der Waals surface area contributed by atoms with Gasteiger partial charge >= 0.3 is 5.69 Å². The maximum absolute atomic E-state index is 11.9. The molecule has 14 nitrogen and oxygen atoms in total. The third-order valence-corrected chi connectivity index (χ3v) is 5.33. The van der Waals surface area contributed by atoms with Crippen molar-refractivity contribution in [1.82, 2.24) is 0 Å². The molecule has 0 spiro atoms. The van der Waals surface area contributed by atoms with E-state index in [1.54, 1.807) is 0 Å². The van der Waals surface area contributed by atoms with Crippen molar-refractivity contribution in [2.45, 2.75) is 11.8 Å². The molecule has 0 atom stereocenters. The molecule has 0 bridgehead atoms. The third-order valence-electron chi connectivity index (χ3n) is 4.44. The Morgan fingerprint density at radius 3 is 2.12 bits per heavy atom. The number of anilines is 1. The Labute approximate surface area is 184 Å². The lowest BCUT2D eigenvalue weighted by atomic mass is 10.1. The predicted octanol–water partition coefficient (Wildman–Crippen LogP) is 4.16.